The van der Waals surface area contributed by atoms with Gasteiger partial charge in [-0.1, -0.05) is 60.1 Å². The van der Waals surface area contributed by atoms with E-state index in [2.05, 4.69) is 52.9 Å². The first kappa shape index (κ1) is 15.1. The summed E-state index contributed by atoms with van der Waals surface area (Å²) in [6.07, 6.45) is 2.96. The largest absolute Gasteiger partial charge is 0.302 e. The first-order valence-corrected chi connectivity index (χ1v) is 8.06. The normalized spacial score (nSPS) is 11.3. The molecule has 1 heterocycles. The topological polar surface area (TPSA) is 30.7 Å². The molecule has 106 valence electrons. The van der Waals surface area contributed by atoms with Gasteiger partial charge >= 0.3 is 0 Å². The van der Waals surface area contributed by atoms with Crippen LogP contribution in [0.25, 0.3) is 11.4 Å². The Hall–Kier alpha value is -1.26. The van der Waals surface area contributed by atoms with Crippen LogP contribution in [0.1, 0.15) is 18.9 Å². The van der Waals surface area contributed by atoms with Gasteiger partial charge in [-0.05, 0) is 19.4 Å². The Bertz CT molecular complexity index is 593. The summed E-state index contributed by atoms with van der Waals surface area (Å²) in [6, 6.07) is 8.36. The third-order valence-corrected chi connectivity index (χ3v) is 3.94. The van der Waals surface area contributed by atoms with E-state index in [1.807, 2.05) is 6.08 Å². The molecule has 1 aromatic carbocycles. The van der Waals surface area contributed by atoms with Crippen LogP contribution in [0.3, 0.4) is 0 Å². The monoisotopic (exact) mass is 307 g/mol. The summed E-state index contributed by atoms with van der Waals surface area (Å²) < 4.78 is 2.18. The van der Waals surface area contributed by atoms with E-state index in [9.17, 15) is 0 Å². The highest BCUT2D eigenvalue weighted by Gasteiger charge is 2.13. The van der Waals surface area contributed by atoms with Crippen molar-refractivity contribution in [2.75, 3.05) is 5.75 Å². The first-order chi connectivity index (χ1) is 9.76. The Kier molecular flexibility index (Phi) is 5.68. The fraction of sp³-hybridized carbons (Fsp3) is 0.333. The predicted molar refractivity (Wildman–Crippen MR) is 86.2 cm³/mol. The number of nitrogens with zero attached hydrogens (tertiary/aromatic N) is 3. The number of rotatable bonds is 6. The molecule has 0 aliphatic rings. The quantitative estimate of drug-likeness (QED) is 0.736. The average molecular weight is 308 g/mol. The highest BCUT2D eigenvalue weighted by molar-refractivity contribution is 7.99. The van der Waals surface area contributed by atoms with E-state index in [1.54, 1.807) is 11.8 Å². The molecule has 0 saturated carbocycles. The number of hydrogen-bond acceptors (Lipinski definition) is 3. The summed E-state index contributed by atoms with van der Waals surface area (Å²) in [5, 5.41) is 9.61. The van der Waals surface area contributed by atoms with E-state index in [-0.39, 0.29) is 0 Å². The maximum Gasteiger partial charge on any atom is 0.191 e. The minimum Gasteiger partial charge on any atom is -0.302 e. The SMILES string of the molecule is CCCn1c(SC/C=C/Cl)nnc1-c1cccc(C)c1. The van der Waals surface area contributed by atoms with Crippen LogP contribution in [-0.4, -0.2) is 20.5 Å². The van der Waals surface area contributed by atoms with Crippen molar-refractivity contribution in [2.45, 2.75) is 32.0 Å². The van der Waals surface area contributed by atoms with Crippen molar-refractivity contribution in [1.82, 2.24) is 14.8 Å². The Morgan fingerprint density at radius 2 is 2.20 bits per heavy atom. The van der Waals surface area contributed by atoms with Gasteiger partial charge in [0.2, 0.25) is 0 Å². The molecule has 0 aliphatic carbocycles. The maximum absolute atomic E-state index is 5.55. The minimum absolute atomic E-state index is 0.805. The van der Waals surface area contributed by atoms with Gasteiger partial charge in [-0.2, -0.15) is 0 Å². The molecule has 1 aromatic heterocycles. The van der Waals surface area contributed by atoms with Crippen molar-refractivity contribution in [3.63, 3.8) is 0 Å². The summed E-state index contributed by atoms with van der Waals surface area (Å²) in [4.78, 5) is 0. The lowest BCUT2D eigenvalue weighted by molar-refractivity contribution is 0.626. The number of benzene rings is 1. The van der Waals surface area contributed by atoms with Gasteiger partial charge < -0.3 is 4.57 Å². The average Bonchev–Trinajstić information content (AvgIpc) is 2.83. The fourth-order valence-corrected chi connectivity index (χ4v) is 2.95. The Morgan fingerprint density at radius 3 is 2.90 bits per heavy atom. The first-order valence-electron chi connectivity index (χ1n) is 6.64. The van der Waals surface area contributed by atoms with Gasteiger partial charge in [-0.15, -0.1) is 10.2 Å². The fourth-order valence-electron chi connectivity index (χ4n) is 1.98. The van der Waals surface area contributed by atoms with Crippen LogP contribution in [0.4, 0.5) is 0 Å². The summed E-state index contributed by atoms with van der Waals surface area (Å²) in [6.45, 7) is 5.17. The molecular weight excluding hydrogens is 290 g/mol. The molecule has 2 rings (SSSR count). The van der Waals surface area contributed by atoms with Crippen molar-refractivity contribution >= 4 is 23.4 Å². The van der Waals surface area contributed by atoms with Crippen molar-refractivity contribution in [3.8, 4) is 11.4 Å². The summed E-state index contributed by atoms with van der Waals surface area (Å²) >= 11 is 7.20. The second-order valence-corrected chi connectivity index (χ2v) is 5.74. The van der Waals surface area contributed by atoms with Crippen LogP contribution in [0.5, 0.6) is 0 Å². The third-order valence-electron chi connectivity index (χ3n) is 2.84. The zero-order chi connectivity index (χ0) is 14.4. The van der Waals surface area contributed by atoms with Gasteiger partial charge in [0.1, 0.15) is 0 Å². The van der Waals surface area contributed by atoms with Crippen LogP contribution in [-0.2, 0) is 6.54 Å². The van der Waals surface area contributed by atoms with Crippen molar-refractivity contribution < 1.29 is 0 Å². The lowest BCUT2D eigenvalue weighted by Gasteiger charge is -2.08. The molecule has 0 aliphatic heterocycles. The number of halogens is 1. The third kappa shape index (κ3) is 3.64. The zero-order valence-electron chi connectivity index (χ0n) is 11.7. The molecule has 0 radical (unpaired) electrons. The second-order valence-electron chi connectivity index (χ2n) is 4.50. The van der Waals surface area contributed by atoms with Gasteiger partial charge in [-0.25, -0.2) is 0 Å². The predicted octanol–water partition coefficient (Wildman–Crippen LogP) is 4.51. The van der Waals surface area contributed by atoms with E-state index in [0.717, 1.165) is 35.3 Å². The van der Waals surface area contributed by atoms with Gasteiger partial charge in [0.25, 0.3) is 0 Å². The van der Waals surface area contributed by atoms with Gasteiger partial charge in [0, 0.05) is 23.4 Å². The molecule has 0 bridgehead atoms. The van der Waals surface area contributed by atoms with Crippen molar-refractivity contribution in [1.29, 1.82) is 0 Å². The van der Waals surface area contributed by atoms with E-state index < -0.39 is 0 Å². The lowest BCUT2D eigenvalue weighted by atomic mass is 10.1. The van der Waals surface area contributed by atoms with Gasteiger partial charge in [0.15, 0.2) is 11.0 Å². The van der Waals surface area contributed by atoms with Crippen LogP contribution in [0.15, 0.2) is 41.0 Å². The molecule has 0 unspecified atom stereocenters. The molecule has 5 heteroatoms. The van der Waals surface area contributed by atoms with Crippen LogP contribution in [0.2, 0.25) is 0 Å². The van der Waals surface area contributed by atoms with E-state index in [1.165, 1.54) is 11.1 Å². The van der Waals surface area contributed by atoms with Gasteiger partial charge in [0.05, 0.1) is 0 Å². The highest BCUT2D eigenvalue weighted by atomic mass is 35.5. The summed E-state index contributed by atoms with van der Waals surface area (Å²) in [5.74, 6) is 1.74. The minimum atomic E-state index is 0.805. The van der Waals surface area contributed by atoms with E-state index in [0.29, 0.717) is 0 Å². The van der Waals surface area contributed by atoms with Crippen LogP contribution in [0, 0.1) is 6.92 Å². The molecule has 0 spiro atoms. The Balaban J connectivity index is 2.33. The standard InChI is InChI=1S/C15H18ClN3S/c1-3-9-19-14(13-7-4-6-12(2)11-13)17-18-15(19)20-10-5-8-16/h4-8,11H,3,9-10H2,1-2H3/b8-5+. The number of aryl methyl sites for hydroxylation is 1. The second kappa shape index (κ2) is 7.50. The van der Waals surface area contributed by atoms with E-state index in [4.69, 9.17) is 11.6 Å². The van der Waals surface area contributed by atoms with Gasteiger partial charge in [-0.3, -0.25) is 0 Å². The molecule has 0 N–H and O–H groups in total. The summed E-state index contributed by atoms with van der Waals surface area (Å²) in [7, 11) is 0. The molecule has 0 atom stereocenters. The summed E-state index contributed by atoms with van der Waals surface area (Å²) in [5.41, 5.74) is 3.88. The smallest absolute Gasteiger partial charge is 0.191 e. The van der Waals surface area contributed by atoms with E-state index >= 15 is 0 Å². The highest BCUT2D eigenvalue weighted by Crippen LogP contribution is 2.25. The Morgan fingerprint density at radius 1 is 1.35 bits per heavy atom. The maximum atomic E-state index is 5.55. The number of thioether (sulfide) groups is 1. The molecule has 0 amide bonds. The van der Waals surface area contributed by atoms with Crippen LogP contribution >= 0.6 is 23.4 Å². The van der Waals surface area contributed by atoms with Crippen LogP contribution < -0.4 is 0 Å². The zero-order valence-corrected chi connectivity index (χ0v) is 13.3. The molecular formula is C15H18ClN3S. The number of aromatic nitrogens is 3. The molecule has 0 fully saturated rings. The van der Waals surface area contributed by atoms with Crippen molar-refractivity contribution in [3.05, 3.63) is 41.4 Å². The molecule has 2 aromatic rings. The molecule has 0 saturated heterocycles. The number of hydrogen-bond donors (Lipinski definition) is 0. The van der Waals surface area contributed by atoms with Crippen molar-refractivity contribution in [2.24, 2.45) is 0 Å². The molecule has 3 nitrogen and oxygen atoms in total. The Labute approximate surface area is 129 Å². The molecule has 20 heavy (non-hydrogen) atoms. The lowest BCUT2D eigenvalue weighted by Crippen LogP contribution is -2.02.